The van der Waals surface area contributed by atoms with Crippen molar-refractivity contribution in [3.05, 3.63) is 56.0 Å². The number of nitrogens with one attached hydrogen (secondary N) is 1. The van der Waals surface area contributed by atoms with Crippen molar-refractivity contribution in [3.8, 4) is 5.75 Å². The number of anilines is 1. The molecule has 0 aliphatic heterocycles. The molecule has 3 nitrogen and oxygen atoms in total. The third-order valence-electron chi connectivity index (χ3n) is 2.45. The van der Waals surface area contributed by atoms with E-state index in [4.69, 9.17) is 46.4 Å². The van der Waals surface area contributed by atoms with Crippen LogP contribution in [0.1, 0.15) is 10.4 Å². The van der Waals surface area contributed by atoms with Crippen LogP contribution in [0.5, 0.6) is 5.75 Å². The first-order valence-corrected chi connectivity index (χ1v) is 6.84. The summed E-state index contributed by atoms with van der Waals surface area (Å²) in [6.45, 7) is 0. The van der Waals surface area contributed by atoms with E-state index >= 15 is 0 Å². The molecule has 0 heterocycles. The molecule has 0 bridgehead atoms. The number of rotatable bonds is 2. The van der Waals surface area contributed by atoms with E-state index in [-0.39, 0.29) is 32.1 Å². The molecule has 0 radical (unpaired) electrons. The van der Waals surface area contributed by atoms with Crippen molar-refractivity contribution >= 4 is 58.0 Å². The summed E-state index contributed by atoms with van der Waals surface area (Å²) in [6.07, 6.45) is 0. The van der Waals surface area contributed by atoms with Gasteiger partial charge in [-0.05, 0) is 30.3 Å². The van der Waals surface area contributed by atoms with E-state index in [0.29, 0.717) is 5.02 Å². The first-order chi connectivity index (χ1) is 9.38. The predicted octanol–water partition coefficient (Wildman–Crippen LogP) is 5.26. The SMILES string of the molecule is O=C(Nc1cc(Cl)cc(Cl)c1O)c1cc(Cl)ccc1Cl. The standard InChI is InChI=1S/C13H7Cl4NO2/c14-6-1-2-9(16)8(3-6)13(20)18-11-5-7(15)4-10(17)12(11)19/h1-5,19H,(H,18,20). The molecule has 0 aliphatic carbocycles. The van der Waals surface area contributed by atoms with Gasteiger partial charge in [0.05, 0.1) is 21.3 Å². The molecule has 0 unspecified atom stereocenters. The average molecular weight is 351 g/mol. The van der Waals surface area contributed by atoms with Crippen LogP contribution in [0.4, 0.5) is 5.69 Å². The fraction of sp³-hybridized carbons (Fsp3) is 0. The van der Waals surface area contributed by atoms with Gasteiger partial charge in [-0.3, -0.25) is 4.79 Å². The number of phenolic OH excluding ortho intramolecular Hbond substituents is 1. The lowest BCUT2D eigenvalue weighted by atomic mass is 10.2. The summed E-state index contributed by atoms with van der Waals surface area (Å²) in [6, 6.07) is 7.22. The van der Waals surface area contributed by atoms with Crippen molar-refractivity contribution in [3.63, 3.8) is 0 Å². The maximum absolute atomic E-state index is 12.1. The van der Waals surface area contributed by atoms with Crippen LogP contribution in [-0.2, 0) is 0 Å². The molecule has 0 spiro atoms. The largest absolute Gasteiger partial charge is 0.504 e. The lowest BCUT2D eigenvalue weighted by Gasteiger charge is -2.10. The second kappa shape index (κ2) is 6.10. The molecule has 2 aromatic carbocycles. The molecule has 104 valence electrons. The smallest absolute Gasteiger partial charge is 0.257 e. The minimum absolute atomic E-state index is 0.0324. The summed E-state index contributed by atoms with van der Waals surface area (Å²) < 4.78 is 0. The third kappa shape index (κ3) is 3.30. The fourth-order valence-electron chi connectivity index (χ4n) is 1.52. The van der Waals surface area contributed by atoms with E-state index in [0.717, 1.165) is 0 Å². The Kier molecular flexibility index (Phi) is 4.66. The van der Waals surface area contributed by atoms with Crippen LogP contribution in [0.15, 0.2) is 30.3 Å². The summed E-state index contributed by atoms with van der Waals surface area (Å²) in [5, 5.41) is 13.2. The number of amides is 1. The highest BCUT2D eigenvalue weighted by Crippen LogP contribution is 2.35. The van der Waals surface area contributed by atoms with Crippen molar-refractivity contribution in [1.29, 1.82) is 0 Å². The average Bonchev–Trinajstić information content (AvgIpc) is 2.38. The molecule has 0 fully saturated rings. The summed E-state index contributed by atoms with van der Waals surface area (Å²) in [5.74, 6) is -0.811. The molecular formula is C13H7Cl4NO2. The van der Waals surface area contributed by atoms with Crippen LogP contribution in [0, 0.1) is 0 Å². The second-order valence-electron chi connectivity index (χ2n) is 3.86. The molecule has 0 saturated heterocycles. The molecule has 2 rings (SSSR count). The normalized spacial score (nSPS) is 10.4. The summed E-state index contributed by atoms with van der Waals surface area (Å²) in [7, 11) is 0. The number of aromatic hydroxyl groups is 1. The van der Waals surface area contributed by atoms with Gasteiger partial charge in [-0.15, -0.1) is 0 Å². The van der Waals surface area contributed by atoms with Crippen LogP contribution in [0.2, 0.25) is 20.1 Å². The Morgan fingerprint density at radius 1 is 0.950 bits per heavy atom. The molecule has 2 aromatic rings. The van der Waals surface area contributed by atoms with Crippen LogP contribution in [0.3, 0.4) is 0 Å². The Bertz CT molecular complexity index is 688. The van der Waals surface area contributed by atoms with Gasteiger partial charge in [-0.25, -0.2) is 0 Å². The Morgan fingerprint density at radius 3 is 2.35 bits per heavy atom. The number of phenols is 1. The number of carbonyl (C=O) groups excluding carboxylic acids is 1. The molecule has 7 heteroatoms. The minimum Gasteiger partial charge on any atom is -0.504 e. The summed E-state index contributed by atoms with van der Waals surface area (Å²) >= 11 is 23.3. The van der Waals surface area contributed by atoms with Gasteiger partial charge in [0, 0.05) is 10.0 Å². The quantitative estimate of drug-likeness (QED) is 0.726. The predicted molar refractivity (Wildman–Crippen MR) is 82.5 cm³/mol. The van der Waals surface area contributed by atoms with Crippen LogP contribution < -0.4 is 5.32 Å². The highest BCUT2D eigenvalue weighted by molar-refractivity contribution is 6.37. The van der Waals surface area contributed by atoms with Gasteiger partial charge >= 0.3 is 0 Å². The monoisotopic (exact) mass is 349 g/mol. The van der Waals surface area contributed by atoms with Crippen LogP contribution in [-0.4, -0.2) is 11.0 Å². The molecule has 0 atom stereocenters. The van der Waals surface area contributed by atoms with Crippen molar-refractivity contribution in [2.45, 2.75) is 0 Å². The van der Waals surface area contributed by atoms with Gasteiger partial charge in [-0.2, -0.15) is 0 Å². The number of halogens is 4. The first kappa shape index (κ1) is 15.3. The molecule has 2 N–H and O–H groups in total. The van der Waals surface area contributed by atoms with Gasteiger partial charge in [0.15, 0.2) is 5.75 Å². The van der Waals surface area contributed by atoms with E-state index in [1.54, 1.807) is 6.07 Å². The van der Waals surface area contributed by atoms with E-state index in [2.05, 4.69) is 5.32 Å². The number of benzene rings is 2. The lowest BCUT2D eigenvalue weighted by Crippen LogP contribution is -2.12. The van der Waals surface area contributed by atoms with Crippen molar-refractivity contribution in [1.82, 2.24) is 0 Å². The zero-order valence-electron chi connectivity index (χ0n) is 9.75. The van der Waals surface area contributed by atoms with Gasteiger partial charge in [-0.1, -0.05) is 46.4 Å². The Labute approximate surface area is 135 Å². The maximum atomic E-state index is 12.1. The van der Waals surface area contributed by atoms with Gasteiger partial charge < -0.3 is 10.4 Å². The zero-order valence-corrected chi connectivity index (χ0v) is 12.8. The van der Waals surface area contributed by atoms with Gasteiger partial charge in [0.25, 0.3) is 5.91 Å². The van der Waals surface area contributed by atoms with Gasteiger partial charge in [0.2, 0.25) is 0 Å². The summed E-state index contributed by atoms with van der Waals surface area (Å²) in [5.41, 5.74) is 0.262. The fourth-order valence-corrected chi connectivity index (χ4v) is 2.39. The van der Waals surface area contributed by atoms with Crippen LogP contribution >= 0.6 is 46.4 Å². The van der Waals surface area contributed by atoms with E-state index in [1.165, 1.54) is 24.3 Å². The summed E-state index contributed by atoms with van der Waals surface area (Å²) in [4.78, 5) is 12.1. The van der Waals surface area contributed by atoms with E-state index in [1.807, 2.05) is 0 Å². The highest BCUT2D eigenvalue weighted by atomic mass is 35.5. The molecule has 0 saturated carbocycles. The number of hydrogen-bond donors (Lipinski definition) is 2. The minimum atomic E-state index is -0.536. The first-order valence-electron chi connectivity index (χ1n) is 5.33. The number of carbonyl (C=O) groups is 1. The Morgan fingerprint density at radius 2 is 1.65 bits per heavy atom. The van der Waals surface area contributed by atoms with Crippen molar-refractivity contribution < 1.29 is 9.90 Å². The third-order valence-corrected chi connectivity index (χ3v) is 3.52. The highest BCUT2D eigenvalue weighted by Gasteiger charge is 2.15. The second-order valence-corrected chi connectivity index (χ2v) is 5.55. The van der Waals surface area contributed by atoms with Crippen molar-refractivity contribution in [2.75, 3.05) is 5.32 Å². The Balaban J connectivity index is 2.35. The molecule has 0 aromatic heterocycles. The van der Waals surface area contributed by atoms with Crippen molar-refractivity contribution in [2.24, 2.45) is 0 Å². The van der Waals surface area contributed by atoms with Crippen LogP contribution in [0.25, 0.3) is 0 Å². The van der Waals surface area contributed by atoms with E-state index in [9.17, 15) is 9.90 Å². The molecule has 20 heavy (non-hydrogen) atoms. The zero-order chi connectivity index (χ0) is 14.9. The van der Waals surface area contributed by atoms with Gasteiger partial charge in [0.1, 0.15) is 0 Å². The molecular weight excluding hydrogens is 344 g/mol. The topological polar surface area (TPSA) is 49.3 Å². The maximum Gasteiger partial charge on any atom is 0.257 e. The Hall–Kier alpha value is -1.13. The molecule has 1 amide bonds. The lowest BCUT2D eigenvalue weighted by molar-refractivity contribution is 0.102. The number of hydrogen-bond acceptors (Lipinski definition) is 2. The van der Waals surface area contributed by atoms with E-state index < -0.39 is 5.91 Å². The molecule has 0 aliphatic rings.